The first kappa shape index (κ1) is 13.9. The largest absolute Gasteiger partial charge is 0.320 e. The molecule has 2 aromatic heterocycles. The van der Waals surface area contributed by atoms with Gasteiger partial charge in [0.05, 0.1) is 0 Å². The average Bonchev–Trinajstić information content (AvgIpc) is 2.81. The van der Waals surface area contributed by atoms with Crippen molar-refractivity contribution in [2.24, 2.45) is 0 Å². The highest BCUT2D eigenvalue weighted by Crippen LogP contribution is 2.24. The number of hydrogen-bond donors (Lipinski definition) is 1. The van der Waals surface area contributed by atoms with E-state index in [0.29, 0.717) is 16.4 Å². The molecule has 21 heavy (non-hydrogen) atoms. The fourth-order valence-corrected chi connectivity index (χ4v) is 2.35. The van der Waals surface area contributed by atoms with Crippen molar-refractivity contribution in [3.63, 3.8) is 0 Å². The van der Waals surface area contributed by atoms with Gasteiger partial charge in [-0.3, -0.25) is 4.79 Å². The zero-order valence-electron chi connectivity index (χ0n) is 11.0. The number of nitrogens with one attached hydrogen (secondary N) is 1. The van der Waals surface area contributed by atoms with E-state index in [1.807, 2.05) is 13.0 Å². The van der Waals surface area contributed by atoms with E-state index in [9.17, 15) is 4.79 Å². The van der Waals surface area contributed by atoms with Crippen molar-refractivity contribution in [1.29, 1.82) is 0 Å². The van der Waals surface area contributed by atoms with E-state index in [-0.39, 0.29) is 10.7 Å². The molecule has 1 aromatic carbocycles. The van der Waals surface area contributed by atoms with Gasteiger partial charge in [-0.2, -0.15) is 5.10 Å². The smallest absolute Gasteiger partial charge is 0.277 e. The second kappa shape index (κ2) is 5.35. The Balaban J connectivity index is 1.97. The lowest BCUT2D eigenvalue weighted by Gasteiger charge is -2.07. The Hall–Kier alpha value is -2.11. The maximum atomic E-state index is 12.3. The third-order valence-corrected chi connectivity index (χ3v) is 3.59. The van der Waals surface area contributed by atoms with Crippen molar-refractivity contribution in [2.75, 3.05) is 5.32 Å². The normalized spacial score (nSPS) is 10.8. The fraction of sp³-hybridized carbons (Fsp3) is 0.0714. The molecule has 1 amide bonds. The Bertz CT molecular complexity index is 844. The Morgan fingerprint density at radius 2 is 2.14 bits per heavy atom. The molecule has 0 bridgehead atoms. The van der Waals surface area contributed by atoms with E-state index < -0.39 is 5.91 Å². The summed E-state index contributed by atoms with van der Waals surface area (Å²) in [5.41, 5.74) is 2.07. The van der Waals surface area contributed by atoms with E-state index >= 15 is 0 Å². The molecule has 0 aliphatic carbocycles. The van der Waals surface area contributed by atoms with Crippen LogP contribution in [0.15, 0.2) is 36.7 Å². The number of carbonyl (C=O) groups is 1. The summed E-state index contributed by atoms with van der Waals surface area (Å²) >= 11 is 12.1. The topological polar surface area (TPSA) is 59.3 Å². The molecular formula is C14H10Cl2N4O. The minimum atomic E-state index is -0.407. The van der Waals surface area contributed by atoms with E-state index in [1.165, 1.54) is 4.52 Å². The van der Waals surface area contributed by atoms with Crippen molar-refractivity contribution in [3.8, 4) is 0 Å². The van der Waals surface area contributed by atoms with E-state index in [4.69, 9.17) is 23.2 Å². The van der Waals surface area contributed by atoms with Crippen molar-refractivity contribution >= 4 is 40.4 Å². The summed E-state index contributed by atoms with van der Waals surface area (Å²) < 4.78 is 1.46. The van der Waals surface area contributed by atoms with Gasteiger partial charge in [0.1, 0.15) is 5.02 Å². The van der Waals surface area contributed by atoms with Gasteiger partial charge in [0, 0.05) is 23.1 Å². The number of hydrogen-bond acceptors (Lipinski definition) is 3. The summed E-state index contributed by atoms with van der Waals surface area (Å²) in [4.78, 5) is 16.4. The number of anilines is 1. The molecule has 1 N–H and O–H groups in total. The molecule has 3 rings (SSSR count). The van der Waals surface area contributed by atoms with Crippen molar-refractivity contribution in [3.05, 3.63) is 58.0 Å². The quantitative estimate of drug-likeness (QED) is 0.784. The molecule has 0 aliphatic heterocycles. The lowest BCUT2D eigenvalue weighted by atomic mass is 10.2. The summed E-state index contributed by atoms with van der Waals surface area (Å²) in [6.07, 6.45) is 3.27. The van der Waals surface area contributed by atoms with Gasteiger partial charge in [-0.1, -0.05) is 29.3 Å². The predicted octanol–water partition coefficient (Wildman–Crippen LogP) is 3.60. The lowest BCUT2D eigenvalue weighted by molar-refractivity contribution is 0.102. The highest BCUT2D eigenvalue weighted by atomic mass is 35.5. The van der Waals surface area contributed by atoms with Crippen molar-refractivity contribution < 1.29 is 4.79 Å². The number of aryl methyl sites for hydroxylation is 1. The van der Waals surface area contributed by atoms with Gasteiger partial charge in [0.15, 0.2) is 11.3 Å². The summed E-state index contributed by atoms with van der Waals surface area (Å²) in [6, 6.07) is 6.97. The van der Waals surface area contributed by atoms with Crippen LogP contribution in [0.4, 0.5) is 5.69 Å². The number of carbonyl (C=O) groups excluding carboxylic acids is 1. The van der Waals surface area contributed by atoms with Gasteiger partial charge in [-0.05, 0) is 30.7 Å². The number of halogens is 2. The standard InChI is InChI=1S/C14H10Cl2N4O/c1-8-3-4-9(15)7-10(8)18-14(21)12-11(16)13-17-5-2-6-20(13)19-12/h2-7H,1H3,(H,18,21). The molecule has 0 spiro atoms. The summed E-state index contributed by atoms with van der Waals surface area (Å²) in [7, 11) is 0. The van der Waals surface area contributed by atoms with Crippen molar-refractivity contribution in [2.45, 2.75) is 6.92 Å². The first-order valence-electron chi connectivity index (χ1n) is 6.12. The average molecular weight is 321 g/mol. The van der Waals surface area contributed by atoms with Gasteiger partial charge in [-0.25, -0.2) is 9.50 Å². The maximum Gasteiger partial charge on any atom is 0.277 e. The molecule has 2 heterocycles. The third-order valence-electron chi connectivity index (χ3n) is 3.00. The molecule has 0 fully saturated rings. The van der Waals surface area contributed by atoms with E-state index in [2.05, 4.69) is 15.4 Å². The van der Waals surface area contributed by atoms with E-state index in [1.54, 1.807) is 30.6 Å². The number of aromatic nitrogens is 3. The second-order valence-corrected chi connectivity index (χ2v) is 5.28. The number of nitrogens with zero attached hydrogens (tertiary/aromatic N) is 3. The van der Waals surface area contributed by atoms with Gasteiger partial charge in [0.2, 0.25) is 0 Å². The monoisotopic (exact) mass is 320 g/mol. The Morgan fingerprint density at radius 1 is 1.33 bits per heavy atom. The molecule has 0 atom stereocenters. The molecule has 0 saturated heterocycles. The minimum absolute atomic E-state index is 0.120. The zero-order chi connectivity index (χ0) is 15.0. The van der Waals surface area contributed by atoms with Crippen LogP contribution < -0.4 is 5.32 Å². The van der Waals surface area contributed by atoms with Crippen LogP contribution in [0, 0.1) is 6.92 Å². The molecule has 0 radical (unpaired) electrons. The first-order chi connectivity index (χ1) is 10.1. The van der Waals surface area contributed by atoms with Crippen LogP contribution in [0.1, 0.15) is 16.1 Å². The number of rotatable bonds is 2. The van der Waals surface area contributed by atoms with Crippen LogP contribution in [0.2, 0.25) is 10.0 Å². The number of amides is 1. The highest BCUT2D eigenvalue weighted by molar-refractivity contribution is 6.37. The Kier molecular flexibility index (Phi) is 3.53. The number of fused-ring (bicyclic) bond motifs is 1. The fourth-order valence-electron chi connectivity index (χ4n) is 1.91. The SMILES string of the molecule is Cc1ccc(Cl)cc1NC(=O)c1nn2cccnc2c1Cl. The van der Waals surface area contributed by atoms with E-state index in [0.717, 1.165) is 5.56 Å². The third kappa shape index (κ3) is 2.57. The minimum Gasteiger partial charge on any atom is -0.320 e. The van der Waals surface area contributed by atoms with Crippen LogP contribution >= 0.6 is 23.2 Å². The predicted molar refractivity (Wildman–Crippen MR) is 82.1 cm³/mol. The van der Waals surface area contributed by atoms with Crippen molar-refractivity contribution in [1.82, 2.24) is 14.6 Å². The van der Waals surface area contributed by atoms with Crippen LogP contribution in [-0.2, 0) is 0 Å². The van der Waals surface area contributed by atoms with Gasteiger partial charge in [-0.15, -0.1) is 0 Å². The maximum absolute atomic E-state index is 12.3. The Labute approximate surface area is 130 Å². The lowest BCUT2D eigenvalue weighted by Crippen LogP contribution is -2.14. The van der Waals surface area contributed by atoms with Gasteiger partial charge < -0.3 is 5.32 Å². The molecule has 7 heteroatoms. The molecule has 0 aliphatic rings. The first-order valence-corrected chi connectivity index (χ1v) is 6.88. The zero-order valence-corrected chi connectivity index (χ0v) is 12.5. The molecule has 106 valence electrons. The van der Waals surface area contributed by atoms with Crippen LogP contribution in [-0.4, -0.2) is 20.5 Å². The van der Waals surface area contributed by atoms with Gasteiger partial charge >= 0.3 is 0 Å². The molecule has 5 nitrogen and oxygen atoms in total. The van der Waals surface area contributed by atoms with Crippen LogP contribution in [0.25, 0.3) is 5.65 Å². The van der Waals surface area contributed by atoms with Crippen LogP contribution in [0.5, 0.6) is 0 Å². The molecule has 0 unspecified atom stereocenters. The summed E-state index contributed by atoms with van der Waals surface area (Å²) in [5.74, 6) is -0.407. The molecule has 3 aromatic rings. The van der Waals surface area contributed by atoms with Gasteiger partial charge in [0.25, 0.3) is 5.91 Å². The summed E-state index contributed by atoms with van der Waals surface area (Å²) in [5, 5.41) is 7.65. The molecular weight excluding hydrogens is 311 g/mol. The summed E-state index contributed by atoms with van der Waals surface area (Å²) in [6.45, 7) is 1.87. The number of benzene rings is 1. The second-order valence-electron chi connectivity index (χ2n) is 4.46. The highest BCUT2D eigenvalue weighted by Gasteiger charge is 2.19. The molecule has 0 saturated carbocycles. The Morgan fingerprint density at radius 3 is 2.90 bits per heavy atom. The van der Waals surface area contributed by atoms with Crippen LogP contribution in [0.3, 0.4) is 0 Å².